The number of carbonyl (C=O) groups excluding carboxylic acids is 1. The Morgan fingerprint density at radius 3 is 2.55 bits per heavy atom. The van der Waals surface area contributed by atoms with Crippen molar-refractivity contribution >= 4 is 15.9 Å². The van der Waals surface area contributed by atoms with Gasteiger partial charge in [0, 0.05) is 44.5 Å². The first kappa shape index (κ1) is 27.6. The molecule has 0 aliphatic carbocycles. The molecule has 12 heteroatoms. The van der Waals surface area contributed by atoms with Crippen LogP contribution in [0.25, 0.3) is 11.1 Å². The molecule has 0 unspecified atom stereocenters. The molecule has 0 fully saturated rings. The Morgan fingerprint density at radius 2 is 1.95 bits per heavy atom. The number of aliphatic hydroxyl groups excluding tert-OH is 1. The summed E-state index contributed by atoms with van der Waals surface area (Å²) in [4.78, 5) is 23.7. The van der Waals surface area contributed by atoms with Crippen molar-refractivity contribution < 1.29 is 27.8 Å². The molecule has 1 aliphatic rings. The van der Waals surface area contributed by atoms with E-state index in [-0.39, 0.29) is 48.0 Å². The molecule has 4 rings (SSSR count). The highest BCUT2D eigenvalue weighted by Gasteiger charge is 2.36. The van der Waals surface area contributed by atoms with Crippen LogP contribution in [0.2, 0.25) is 0 Å². The third kappa shape index (κ3) is 5.52. The summed E-state index contributed by atoms with van der Waals surface area (Å²) in [6.07, 6.45) is 3.86. The van der Waals surface area contributed by atoms with Gasteiger partial charge in [-0.15, -0.1) is 0 Å². The number of fused-ring (bicyclic) bond motifs is 1. The molecule has 0 saturated heterocycles. The Kier molecular flexibility index (Phi) is 8.05. The molecule has 3 atom stereocenters. The summed E-state index contributed by atoms with van der Waals surface area (Å²) in [7, 11) is 0.894. The van der Waals surface area contributed by atoms with Crippen LogP contribution in [0.4, 0.5) is 0 Å². The maximum atomic E-state index is 13.7. The van der Waals surface area contributed by atoms with E-state index in [1.165, 1.54) is 23.9 Å². The van der Waals surface area contributed by atoms with E-state index in [9.17, 15) is 18.3 Å². The van der Waals surface area contributed by atoms with Crippen molar-refractivity contribution in [1.82, 2.24) is 23.7 Å². The fourth-order valence-corrected chi connectivity index (χ4v) is 5.44. The number of methoxy groups -OCH3 is 1. The van der Waals surface area contributed by atoms with Gasteiger partial charge in [0.1, 0.15) is 17.4 Å². The normalized spacial score (nSPS) is 18.9. The molecule has 0 spiro atoms. The minimum absolute atomic E-state index is 0.0109. The zero-order chi connectivity index (χ0) is 27.6. The number of pyridine rings is 1. The van der Waals surface area contributed by atoms with E-state index in [0.717, 1.165) is 5.56 Å². The van der Waals surface area contributed by atoms with Crippen molar-refractivity contribution in [3.05, 3.63) is 54.6 Å². The molecular formula is C26H33N5O6S. The molecule has 1 aromatic carbocycles. The second-order valence-electron chi connectivity index (χ2n) is 9.59. The van der Waals surface area contributed by atoms with Gasteiger partial charge in [0.25, 0.3) is 15.9 Å². The van der Waals surface area contributed by atoms with Gasteiger partial charge < -0.3 is 24.0 Å². The van der Waals surface area contributed by atoms with Gasteiger partial charge in [-0.3, -0.25) is 4.79 Å². The third-order valence-corrected chi connectivity index (χ3v) is 8.45. The molecule has 1 N–H and O–H groups in total. The molecule has 38 heavy (non-hydrogen) atoms. The van der Waals surface area contributed by atoms with Gasteiger partial charge in [-0.2, -0.15) is 4.31 Å². The van der Waals surface area contributed by atoms with Crippen LogP contribution in [0.3, 0.4) is 0 Å². The van der Waals surface area contributed by atoms with E-state index in [4.69, 9.17) is 9.47 Å². The van der Waals surface area contributed by atoms with Crippen LogP contribution in [0.1, 0.15) is 24.2 Å². The van der Waals surface area contributed by atoms with Gasteiger partial charge in [-0.05, 0) is 30.7 Å². The third-order valence-electron chi connectivity index (χ3n) is 6.74. The zero-order valence-corrected chi connectivity index (χ0v) is 22.9. The van der Waals surface area contributed by atoms with Crippen molar-refractivity contribution in [3.8, 4) is 22.8 Å². The highest BCUT2D eigenvalue weighted by Crippen LogP contribution is 2.31. The fourth-order valence-electron chi connectivity index (χ4n) is 4.29. The summed E-state index contributed by atoms with van der Waals surface area (Å²) in [6.45, 7) is 3.69. The first-order valence-electron chi connectivity index (χ1n) is 12.2. The lowest BCUT2D eigenvalue weighted by Gasteiger charge is -2.37. The molecule has 11 nitrogen and oxygen atoms in total. The van der Waals surface area contributed by atoms with Crippen molar-refractivity contribution in [2.24, 2.45) is 13.0 Å². The Labute approximate surface area is 222 Å². The first-order chi connectivity index (χ1) is 18.0. The number of hydrogen-bond acceptors (Lipinski definition) is 8. The molecule has 0 saturated carbocycles. The number of ether oxygens (including phenoxy) is 2. The second-order valence-corrected chi connectivity index (χ2v) is 11.6. The molecule has 1 amide bonds. The molecule has 204 valence electrons. The fraction of sp³-hybridized carbons (Fsp3) is 0.423. The highest BCUT2D eigenvalue weighted by atomic mass is 32.2. The number of carbonyl (C=O) groups is 1. The molecule has 2 aromatic heterocycles. The first-order valence-corrected chi connectivity index (χ1v) is 13.7. The van der Waals surface area contributed by atoms with E-state index in [0.29, 0.717) is 11.3 Å². The van der Waals surface area contributed by atoms with E-state index in [2.05, 4.69) is 9.97 Å². The Morgan fingerprint density at radius 1 is 1.24 bits per heavy atom. The van der Waals surface area contributed by atoms with E-state index >= 15 is 0 Å². The summed E-state index contributed by atoms with van der Waals surface area (Å²) in [5.74, 6) is 0.231. The van der Waals surface area contributed by atoms with Crippen LogP contribution in [-0.2, 0) is 17.1 Å². The number of aromatic nitrogens is 3. The standard InChI is InChI=1S/C26H33N5O6S/c1-17-12-31(18(2)15-32)26(33)22-10-20(19-6-8-21(36-5)9-7-19)11-27-25(22)37-23(17)13-30(4)38(34,35)24-14-29(3)16-28-24/h6-11,14,16-18,23,32H,12-13,15H2,1-5H3/t17-,18+,23-/m0/s1. The predicted molar refractivity (Wildman–Crippen MR) is 140 cm³/mol. The van der Waals surface area contributed by atoms with E-state index in [1.54, 1.807) is 42.8 Å². The monoisotopic (exact) mass is 543 g/mol. The van der Waals surface area contributed by atoms with Crippen molar-refractivity contribution in [3.63, 3.8) is 0 Å². The summed E-state index contributed by atoms with van der Waals surface area (Å²) < 4.78 is 40.5. The minimum Gasteiger partial charge on any atom is -0.497 e. The van der Waals surface area contributed by atoms with Crippen LogP contribution < -0.4 is 9.47 Å². The highest BCUT2D eigenvalue weighted by molar-refractivity contribution is 7.89. The lowest BCUT2D eigenvalue weighted by molar-refractivity contribution is 0.0373. The molecule has 0 radical (unpaired) electrons. The number of aliphatic hydroxyl groups is 1. The van der Waals surface area contributed by atoms with Gasteiger partial charge in [0.05, 0.1) is 32.6 Å². The van der Waals surface area contributed by atoms with Gasteiger partial charge in [0.2, 0.25) is 5.88 Å². The smallest absolute Gasteiger partial charge is 0.261 e. The number of sulfonamides is 1. The van der Waals surface area contributed by atoms with Gasteiger partial charge in [-0.25, -0.2) is 18.4 Å². The van der Waals surface area contributed by atoms with Crippen molar-refractivity contribution in [2.45, 2.75) is 31.0 Å². The number of hydrogen-bond donors (Lipinski definition) is 1. The number of nitrogens with zero attached hydrogens (tertiary/aromatic N) is 5. The van der Waals surface area contributed by atoms with Crippen LogP contribution >= 0.6 is 0 Å². The number of imidazole rings is 1. The van der Waals surface area contributed by atoms with E-state index < -0.39 is 22.2 Å². The molecule has 3 aromatic rings. The van der Waals surface area contributed by atoms with Gasteiger partial charge >= 0.3 is 0 Å². The summed E-state index contributed by atoms with van der Waals surface area (Å²) in [5, 5.41) is 9.82. The van der Waals surface area contributed by atoms with E-state index in [1.807, 2.05) is 31.2 Å². The number of aryl methyl sites for hydroxylation is 1. The second kappa shape index (κ2) is 11.1. The molecule has 3 heterocycles. The lowest BCUT2D eigenvalue weighted by Crippen LogP contribution is -2.50. The summed E-state index contributed by atoms with van der Waals surface area (Å²) in [5.41, 5.74) is 1.79. The average Bonchev–Trinajstić information content (AvgIpc) is 3.37. The minimum atomic E-state index is -3.86. The number of benzene rings is 1. The average molecular weight is 544 g/mol. The summed E-state index contributed by atoms with van der Waals surface area (Å²) >= 11 is 0. The number of likely N-dealkylation sites (N-methyl/N-ethyl adjacent to an activating group) is 1. The van der Waals surface area contributed by atoms with Crippen LogP contribution in [-0.4, -0.2) is 89.2 Å². The number of rotatable bonds is 8. The topological polar surface area (TPSA) is 127 Å². The zero-order valence-electron chi connectivity index (χ0n) is 22.1. The molecule has 0 bridgehead atoms. The SMILES string of the molecule is COc1ccc(-c2cnc3c(c2)C(=O)N([C@H](C)CO)C[C@H](C)[C@H](CN(C)S(=O)(=O)c2cn(C)cn2)O3)cc1. The predicted octanol–water partition coefficient (Wildman–Crippen LogP) is 2.03. The Balaban J connectivity index is 1.70. The van der Waals surface area contributed by atoms with Gasteiger partial charge in [0.15, 0.2) is 5.03 Å². The Hall–Kier alpha value is -3.48. The quantitative estimate of drug-likeness (QED) is 0.457. The molecular weight excluding hydrogens is 510 g/mol. The van der Waals surface area contributed by atoms with Gasteiger partial charge in [-0.1, -0.05) is 19.1 Å². The summed E-state index contributed by atoms with van der Waals surface area (Å²) in [6, 6.07) is 8.63. The van der Waals surface area contributed by atoms with Crippen molar-refractivity contribution in [2.75, 3.05) is 33.9 Å². The maximum Gasteiger partial charge on any atom is 0.261 e. The van der Waals surface area contributed by atoms with Crippen molar-refractivity contribution in [1.29, 1.82) is 0 Å². The molecule has 1 aliphatic heterocycles. The Bertz CT molecular complexity index is 1390. The largest absolute Gasteiger partial charge is 0.497 e. The maximum absolute atomic E-state index is 13.7. The van der Waals surface area contributed by atoms with Crippen LogP contribution in [0.5, 0.6) is 11.6 Å². The van der Waals surface area contributed by atoms with Crippen LogP contribution in [0.15, 0.2) is 54.1 Å². The van der Waals surface area contributed by atoms with Crippen LogP contribution in [0, 0.1) is 5.92 Å². The number of amides is 1. The lowest BCUT2D eigenvalue weighted by atomic mass is 9.99.